The number of unbranched alkanes of at least 4 members (excludes halogenated alkanes) is 1. The number of nitrogens with two attached hydrogens (primary N) is 1. The summed E-state index contributed by atoms with van der Waals surface area (Å²) in [7, 11) is 1.73. The Morgan fingerprint density at radius 1 is 1.03 bits per heavy atom. The van der Waals surface area contributed by atoms with Crippen LogP contribution in [0.2, 0.25) is 0 Å². The topological polar surface area (TPSA) is 78.1 Å². The van der Waals surface area contributed by atoms with Gasteiger partial charge in [-0.1, -0.05) is 24.3 Å². The molecule has 1 aliphatic rings. The van der Waals surface area contributed by atoms with E-state index in [1.165, 1.54) is 10.7 Å². The summed E-state index contributed by atoms with van der Waals surface area (Å²) in [6.07, 6.45) is 2.17. The number of anilines is 1. The molecule has 1 saturated heterocycles. The van der Waals surface area contributed by atoms with E-state index in [4.69, 9.17) is 20.7 Å². The Morgan fingerprint density at radius 2 is 1.74 bits per heavy atom. The molecule has 7 heteroatoms. The molecule has 0 unspecified atom stereocenters. The monoisotopic (exact) mass is 425 g/mol. The minimum absolute atomic E-state index is 0.349. The molecule has 1 aliphatic heterocycles. The first-order valence-corrected chi connectivity index (χ1v) is 11.0. The van der Waals surface area contributed by atoms with Crippen molar-refractivity contribution in [2.24, 2.45) is 5.84 Å². The fraction of sp³-hybridized carbons (Fsp3) is 0.458. The number of nitrogens with zero attached hydrogens (tertiary/aromatic N) is 3. The maximum Gasteiger partial charge on any atom is 0.142 e. The maximum absolute atomic E-state index is 7.53. The second kappa shape index (κ2) is 11.6. The van der Waals surface area contributed by atoms with E-state index in [2.05, 4.69) is 21.9 Å². The predicted molar refractivity (Wildman–Crippen MR) is 126 cm³/mol. The molecule has 0 aliphatic carbocycles. The molecule has 3 N–H and O–H groups in total. The van der Waals surface area contributed by atoms with Gasteiger partial charge in [0.25, 0.3) is 0 Å². The quantitative estimate of drug-likeness (QED) is 0.200. The molecule has 1 heterocycles. The van der Waals surface area contributed by atoms with E-state index in [9.17, 15) is 0 Å². The molecular weight excluding hydrogens is 390 g/mol. The van der Waals surface area contributed by atoms with Crippen LogP contribution < -0.4 is 20.2 Å². The highest BCUT2D eigenvalue weighted by Crippen LogP contribution is 2.28. The molecule has 0 amide bonds. The average Bonchev–Trinajstić information content (AvgIpc) is 2.80. The van der Waals surface area contributed by atoms with E-state index in [1.54, 1.807) is 14.0 Å². The molecule has 2 aromatic rings. The molecule has 31 heavy (non-hydrogen) atoms. The van der Waals surface area contributed by atoms with E-state index in [1.807, 2.05) is 36.4 Å². The minimum atomic E-state index is 0.349. The number of rotatable bonds is 10. The number of hydrazine groups is 1. The van der Waals surface area contributed by atoms with Gasteiger partial charge in [0.2, 0.25) is 0 Å². The lowest BCUT2D eigenvalue weighted by atomic mass is 10.2. The predicted octanol–water partition coefficient (Wildman–Crippen LogP) is 3.35. The van der Waals surface area contributed by atoms with Gasteiger partial charge in [-0.2, -0.15) is 0 Å². The smallest absolute Gasteiger partial charge is 0.142 e. The average molecular weight is 426 g/mol. The number of amidine groups is 1. The largest absolute Gasteiger partial charge is 0.495 e. The zero-order chi connectivity index (χ0) is 22.1. The normalized spacial score (nSPS) is 14.4. The highest BCUT2D eigenvalue weighted by Gasteiger charge is 2.19. The summed E-state index contributed by atoms with van der Waals surface area (Å²) in [5, 5.41) is 8.95. The number of hydrogen-bond acceptors (Lipinski definition) is 6. The van der Waals surface area contributed by atoms with Gasteiger partial charge in [0.05, 0.1) is 25.9 Å². The van der Waals surface area contributed by atoms with Crippen molar-refractivity contribution in [1.29, 1.82) is 5.41 Å². The number of nitrogens with one attached hydrogen (secondary N) is 1. The van der Waals surface area contributed by atoms with Gasteiger partial charge >= 0.3 is 0 Å². The first-order chi connectivity index (χ1) is 15.1. The zero-order valence-electron chi connectivity index (χ0n) is 18.7. The molecule has 0 bridgehead atoms. The highest BCUT2D eigenvalue weighted by atomic mass is 16.5. The second-order valence-corrected chi connectivity index (χ2v) is 7.91. The van der Waals surface area contributed by atoms with Gasteiger partial charge in [-0.05, 0) is 56.1 Å². The highest BCUT2D eigenvalue weighted by molar-refractivity contribution is 5.75. The van der Waals surface area contributed by atoms with Crippen LogP contribution in [0.5, 0.6) is 11.5 Å². The summed E-state index contributed by atoms with van der Waals surface area (Å²) in [5.41, 5.74) is 2.25. The summed E-state index contributed by atoms with van der Waals surface area (Å²) < 4.78 is 11.4. The number of para-hydroxylation sites is 2. The summed E-state index contributed by atoms with van der Waals surface area (Å²) >= 11 is 0. The van der Waals surface area contributed by atoms with Crippen LogP contribution in [0.15, 0.2) is 48.5 Å². The lowest BCUT2D eigenvalue weighted by molar-refractivity contribution is 0.238. The number of piperazine rings is 1. The van der Waals surface area contributed by atoms with Gasteiger partial charge in [-0.3, -0.25) is 15.3 Å². The third kappa shape index (κ3) is 6.87. The second-order valence-electron chi connectivity index (χ2n) is 7.91. The first-order valence-electron chi connectivity index (χ1n) is 11.0. The van der Waals surface area contributed by atoms with Crippen LogP contribution in [0.25, 0.3) is 0 Å². The van der Waals surface area contributed by atoms with Crippen LogP contribution in [0.1, 0.15) is 25.3 Å². The molecule has 1 fully saturated rings. The summed E-state index contributed by atoms with van der Waals surface area (Å²) in [6.45, 7) is 8.25. The van der Waals surface area contributed by atoms with Crippen LogP contribution in [-0.4, -0.2) is 62.2 Å². The Morgan fingerprint density at radius 3 is 2.42 bits per heavy atom. The molecule has 2 aromatic carbocycles. The van der Waals surface area contributed by atoms with Crippen LogP contribution in [0.3, 0.4) is 0 Å². The van der Waals surface area contributed by atoms with Gasteiger partial charge in [0.15, 0.2) is 0 Å². The zero-order valence-corrected chi connectivity index (χ0v) is 18.7. The molecule has 3 rings (SSSR count). The summed E-state index contributed by atoms with van der Waals surface area (Å²) in [4.78, 5) is 4.94. The first kappa shape index (κ1) is 22.9. The van der Waals surface area contributed by atoms with Gasteiger partial charge in [0, 0.05) is 26.2 Å². The van der Waals surface area contributed by atoms with Crippen LogP contribution in [-0.2, 0) is 6.54 Å². The van der Waals surface area contributed by atoms with Crippen LogP contribution in [0.4, 0.5) is 5.69 Å². The van der Waals surface area contributed by atoms with Crippen molar-refractivity contribution in [2.75, 3.05) is 51.3 Å². The third-order valence-corrected chi connectivity index (χ3v) is 5.64. The van der Waals surface area contributed by atoms with Crippen LogP contribution >= 0.6 is 0 Å². The third-order valence-electron chi connectivity index (χ3n) is 5.64. The van der Waals surface area contributed by atoms with Gasteiger partial charge in [0.1, 0.15) is 17.3 Å². The van der Waals surface area contributed by atoms with Crippen molar-refractivity contribution >= 4 is 11.5 Å². The molecule has 0 aromatic heterocycles. The fourth-order valence-corrected chi connectivity index (χ4v) is 3.74. The number of methoxy groups -OCH3 is 1. The molecule has 0 spiro atoms. The Bertz CT molecular complexity index is 819. The lowest BCUT2D eigenvalue weighted by Crippen LogP contribution is -2.46. The van der Waals surface area contributed by atoms with Crippen LogP contribution in [0, 0.1) is 5.41 Å². The molecule has 7 nitrogen and oxygen atoms in total. The Hall–Kier alpha value is -2.77. The van der Waals surface area contributed by atoms with Crippen molar-refractivity contribution in [1.82, 2.24) is 9.91 Å². The number of ether oxygens (including phenoxy) is 2. The fourth-order valence-electron chi connectivity index (χ4n) is 3.74. The van der Waals surface area contributed by atoms with Gasteiger partial charge < -0.3 is 14.4 Å². The summed E-state index contributed by atoms with van der Waals surface area (Å²) in [6, 6.07) is 16.2. The Balaban J connectivity index is 1.31. The lowest BCUT2D eigenvalue weighted by Gasteiger charge is -2.36. The Kier molecular flexibility index (Phi) is 8.55. The van der Waals surface area contributed by atoms with Crippen molar-refractivity contribution in [3.63, 3.8) is 0 Å². The van der Waals surface area contributed by atoms with Crippen molar-refractivity contribution in [2.45, 2.75) is 26.3 Å². The number of hydrogen-bond donors (Lipinski definition) is 2. The molecule has 168 valence electrons. The van der Waals surface area contributed by atoms with Gasteiger partial charge in [-0.15, -0.1) is 0 Å². The van der Waals surface area contributed by atoms with Gasteiger partial charge in [-0.25, -0.2) is 5.84 Å². The number of benzene rings is 2. The Labute approximate surface area is 185 Å². The SMILES string of the molecule is COc1ccccc1N1CCN(CCCCOc2ccc(CN(N)C(C)=N)cc2)CC1. The van der Waals surface area contributed by atoms with E-state index < -0.39 is 0 Å². The van der Waals surface area contributed by atoms with Crippen molar-refractivity contribution in [3.8, 4) is 11.5 Å². The van der Waals surface area contributed by atoms with E-state index >= 15 is 0 Å². The van der Waals surface area contributed by atoms with E-state index in [0.29, 0.717) is 12.4 Å². The maximum atomic E-state index is 7.53. The molecule has 0 saturated carbocycles. The van der Waals surface area contributed by atoms with Crippen molar-refractivity contribution in [3.05, 3.63) is 54.1 Å². The van der Waals surface area contributed by atoms with Crippen molar-refractivity contribution < 1.29 is 9.47 Å². The summed E-state index contributed by atoms with van der Waals surface area (Å²) in [5.74, 6) is 7.96. The standard InChI is InChI=1S/C24H35N5O2/c1-20(25)29(26)19-21-9-11-22(12-10-21)31-18-6-5-13-27-14-16-28(17-15-27)23-7-3-4-8-24(23)30-2/h3-4,7-12,25H,5-6,13-19,26H2,1-2H3. The molecule has 0 radical (unpaired) electrons. The van der Waals surface area contributed by atoms with E-state index in [0.717, 1.165) is 69.2 Å². The van der Waals surface area contributed by atoms with E-state index in [-0.39, 0.29) is 0 Å². The molecular formula is C24H35N5O2. The minimum Gasteiger partial charge on any atom is -0.495 e. The molecule has 0 atom stereocenters.